The maximum Gasteiger partial charge on any atom is 0.255 e. The van der Waals surface area contributed by atoms with E-state index in [1.807, 2.05) is 32.0 Å². The lowest BCUT2D eigenvalue weighted by Crippen LogP contribution is -2.32. The van der Waals surface area contributed by atoms with Crippen LogP contribution >= 0.6 is 0 Å². The Morgan fingerprint density at radius 2 is 1.88 bits per heavy atom. The van der Waals surface area contributed by atoms with E-state index in [1.165, 1.54) is 18.4 Å². The van der Waals surface area contributed by atoms with Crippen molar-refractivity contribution in [1.82, 2.24) is 16.0 Å². The van der Waals surface area contributed by atoms with Crippen molar-refractivity contribution in [2.45, 2.75) is 38.8 Å². The molecule has 1 fully saturated rings. The van der Waals surface area contributed by atoms with Gasteiger partial charge in [-0.25, -0.2) is 4.39 Å². The number of para-hydroxylation sites is 1. The summed E-state index contributed by atoms with van der Waals surface area (Å²) >= 11 is 0. The van der Waals surface area contributed by atoms with Gasteiger partial charge in [0.15, 0.2) is 0 Å². The molecule has 1 saturated heterocycles. The van der Waals surface area contributed by atoms with Crippen molar-refractivity contribution >= 4 is 22.8 Å². The number of rotatable bonds is 10. The number of nitrogens with one attached hydrogen (secondary N) is 3. The Balaban J connectivity index is 1.54. The second kappa shape index (κ2) is 12.3. The molecule has 1 aliphatic rings. The van der Waals surface area contributed by atoms with Crippen LogP contribution in [0.1, 0.15) is 64.6 Å². The van der Waals surface area contributed by atoms with E-state index in [0.717, 1.165) is 19.4 Å². The third kappa shape index (κ3) is 6.34. The molecule has 2 atom stereocenters. The van der Waals surface area contributed by atoms with Crippen LogP contribution in [0.15, 0.2) is 77.4 Å². The van der Waals surface area contributed by atoms with Crippen molar-refractivity contribution in [2.24, 2.45) is 5.92 Å². The normalized spacial score (nSPS) is 15.8. The van der Waals surface area contributed by atoms with Gasteiger partial charge < -0.3 is 25.1 Å². The number of amides is 2. The maximum absolute atomic E-state index is 13.9. The molecule has 3 N–H and O–H groups in total. The molecule has 0 radical (unpaired) electrons. The summed E-state index contributed by atoms with van der Waals surface area (Å²) in [6.07, 6.45) is 3.53. The highest BCUT2D eigenvalue weighted by Crippen LogP contribution is 2.33. The fourth-order valence-electron chi connectivity index (χ4n) is 4.89. The first-order valence-corrected chi connectivity index (χ1v) is 13.7. The average Bonchev–Trinajstić information content (AvgIpc) is 3.64. The van der Waals surface area contributed by atoms with Crippen LogP contribution in [0.2, 0.25) is 0 Å². The topological polar surface area (TPSA) is 92.6 Å². The van der Waals surface area contributed by atoms with E-state index in [1.54, 1.807) is 36.4 Å². The van der Waals surface area contributed by atoms with E-state index in [-0.39, 0.29) is 23.7 Å². The molecule has 2 unspecified atom stereocenters. The number of halogens is 1. The molecule has 0 bridgehead atoms. The number of hydrogen-bond acceptors (Lipinski definition) is 5. The van der Waals surface area contributed by atoms with Crippen LogP contribution in [-0.4, -0.2) is 37.6 Å². The molecule has 2 amide bonds. The minimum Gasteiger partial charge on any atom is -0.492 e. The minimum atomic E-state index is -0.730. The summed E-state index contributed by atoms with van der Waals surface area (Å²) in [6, 6.07) is 18.0. The average molecular weight is 544 g/mol. The first-order valence-electron chi connectivity index (χ1n) is 13.7. The molecule has 3 aromatic carbocycles. The van der Waals surface area contributed by atoms with Gasteiger partial charge in [0.05, 0.1) is 11.6 Å². The SMILES string of the molecule is CC(C)CNC(=O)c1ccc(OCC2CCCN2)c(C(NC(=O)c2coc3ccccc23)c2ccc(F)cc2)c1. The summed E-state index contributed by atoms with van der Waals surface area (Å²) in [5.74, 6) is -0.136. The van der Waals surface area contributed by atoms with Crippen LogP contribution in [-0.2, 0) is 0 Å². The Kier molecular flexibility index (Phi) is 8.45. The van der Waals surface area contributed by atoms with E-state index in [4.69, 9.17) is 9.15 Å². The monoisotopic (exact) mass is 543 g/mol. The number of benzene rings is 3. The van der Waals surface area contributed by atoms with Gasteiger partial charge in [0.2, 0.25) is 0 Å². The fourth-order valence-corrected chi connectivity index (χ4v) is 4.89. The summed E-state index contributed by atoms with van der Waals surface area (Å²) in [6.45, 7) is 5.98. The fraction of sp³-hybridized carbons (Fsp3) is 0.312. The summed E-state index contributed by atoms with van der Waals surface area (Å²) < 4.78 is 25.8. The molecule has 1 aromatic heterocycles. The lowest BCUT2D eigenvalue weighted by Gasteiger charge is -2.24. The quantitative estimate of drug-likeness (QED) is 0.242. The number of hydrogen-bond donors (Lipinski definition) is 3. The number of ether oxygens (including phenoxy) is 1. The summed E-state index contributed by atoms with van der Waals surface area (Å²) in [5.41, 5.74) is 2.67. The molecule has 208 valence electrons. The van der Waals surface area contributed by atoms with Crippen molar-refractivity contribution in [1.29, 1.82) is 0 Å². The Hall–Kier alpha value is -4.17. The van der Waals surface area contributed by atoms with E-state index in [9.17, 15) is 14.0 Å². The molecule has 0 aliphatic carbocycles. The molecule has 0 saturated carbocycles. The van der Waals surface area contributed by atoms with Crippen molar-refractivity contribution in [3.63, 3.8) is 0 Å². The third-order valence-electron chi connectivity index (χ3n) is 7.06. The van der Waals surface area contributed by atoms with E-state index in [2.05, 4.69) is 16.0 Å². The van der Waals surface area contributed by atoms with Crippen LogP contribution in [0.5, 0.6) is 5.75 Å². The van der Waals surface area contributed by atoms with Gasteiger partial charge >= 0.3 is 0 Å². The lowest BCUT2D eigenvalue weighted by molar-refractivity contribution is 0.0940. The van der Waals surface area contributed by atoms with Crippen molar-refractivity contribution in [3.8, 4) is 5.75 Å². The van der Waals surface area contributed by atoms with Gasteiger partial charge in [-0.15, -0.1) is 0 Å². The zero-order valence-electron chi connectivity index (χ0n) is 22.7. The number of fused-ring (bicyclic) bond motifs is 1. The van der Waals surface area contributed by atoms with Gasteiger partial charge in [0, 0.05) is 29.1 Å². The Labute approximate surface area is 233 Å². The van der Waals surface area contributed by atoms with Crippen LogP contribution in [0.4, 0.5) is 4.39 Å². The van der Waals surface area contributed by atoms with Crippen LogP contribution in [0, 0.1) is 11.7 Å². The van der Waals surface area contributed by atoms with Gasteiger partial charge in [-0.3, -0.25) is 9.59 Å². The summed E-state index contributed by atoms with van der Waals surface area (Å²) in [7, 11) is 0. The molecule has 1 aliphatic heterocycles. The van der Waals surface area contributed by atoms with Gasteiger partial charge in [-0.1, -0.05) is 44.2 Å². The van der Waals surface area contributed by atoms with Gasteiger partial charge in [-0.2, -0.15) is 0 Å². The maximum atomic E-state index is 13.9. The smallest absolute Gasteiger partial charge is 0.255 e. The molecular formula is C32H34FN3O4. The van der Waals surface area contributed by atoms with E-state index < -0.39 is 6.04 Å². The van der Waals surface area contributed by atoms with Crippen LogP contribution < -0.4 is 20.7 Å². The lowest BCUT2D eigenvalue weighted by atomic mass is 9.95. The van der Waals surface area contributed by atoms with Gasteiger partial charge in [-0.05, 0) is 67.3 Å². The predicted molar refractivity (Wildman–Crippen MR) is 152 cm³/mol. The number of carbonyl (C=O) groups is 2. The first-order chi connectivity index (χ1) is 19.4. The molecule has 40 heavy (non-hydrogen) atoms. The highest BCUT2D eigenvalue weighted by atomic mass is 19.1. The highest BCUT2D eigenvalue weighted by molar-refractivity contribution is 6.06. The summed E-state index contributed by atoms with van der Waals surface area (Å²) in [4.78, 5) is 26.7. The van der Waals surface area contributed by atoms with Crippen LogP contribution in [0.3, 0.4) is 0 Å². The van der Waals surface area contributed by atoms with E-state index in [0.29, 0.717) is 58.0 Å². The molecular weight excluding hydrogens is 509 g/mol. The molecule has 7 nitrogen and oxygen atoms in total. The Bertz CT molecular complexity index is 1480. The van der Waals surface area contributed by atoms with Crippen molar-refractivity contribution in [3.05, 3.63) is 101 Å². The molecule has 2 heterocycles. The first kappa shape index (κ1) is 27.4. The van der Waals surface area contributed by atoms with Gasteiger partial charge in [0.25, 0.3) is 11.8 Å². The summed E-state index contributed by atoms with van der Waals surface area (Å²) in [5, 5.41) is 10.2. The van der Waals surface area contributed by atoms with Crippen LogP contribution in [0.25, 0.3) is 11.0 Å². The molecule has 8 heteroatoms. The standard InChI is InChI=1S/C32H34FN3O4/c1-20(2)17-35-31(37)22-11-14-29(39-18-24-6-5-15-34-24)26(16-22)30(21-9-12-23(33)13-10-21)36-32(38)27-19-40-28-8-4-3-7-25(27)28/h3-4,7-14,16,19-20,24,30,34H,5-6,15,17-18H2,1-2H3,(H,35,37)(H,36,38). The number of carbonyl (C=O) groups excluding carboxylic acids is 2. The minimum absolute atomic E-state index is 0.219. The Morgan fingerprint density at radius 1 is 1.07 bits per heavy atom. The van der Waals surface area contributed by atoms with Crippen molar-refractivity contribution < 1.29 is 23.1 Å². The largest absolute Gasteiger partial charge is 0.492 e. The zero-order chi connectivity index (χ0) is 28.1. The molecule has 5 rings (SSSR count). The Morgan fingerprint density at radius 3 is 2.62 bits per heavy atom. The van der Waals surface area contributed by atoms with E-state index >= 15 is 0 Å². The van der Waals surface area contributed by atoms with Gasteiger partial charge in [0.1, 0.15) is 30.0 Å². The number of furan rings is 1. The molecule has 0 spiro atoms. The van der Waals surface area contributed by atoms with Crippen molar-refractivity contribution in [2.75, 3.05) is 19.7 Å². The predicted octanol–water partition coefficient (Wildman–Crippen LogP) is 5.61. The second-order valence-electron chi connectivity index (χ2n) is 10.6. The highest BCUT2D eigenvalue weighted by Gasteiger charge is 2.26. The second-order valence-corrected chi connectivity index (χ2v) is 10.6. The zero-order valence-corrected chi connectivity index (χ0v) is 22.7. The third-order valence-corrected chi connectivity index (χ3v) is 7.06. The molecule has 4 aromatic rings.